The lowest BCUT2D eigenvalue weighted by atomic mass is 9.80. The van der Waals surface area contributed by atoms with E-state index in [9.17, 15) is 9.59 Å². The molecule has 0 spiro atoms. The molecule has 5 atom stereocenters. The molecule has 5 unspecified atom stereocenters. The highest BCUT2D eigenvalue weighted by molar-refractivity contribution is 6.20. The van der Waals surface area contributed by atoms with Crippen LogP contribution in [0.15, 0.2) is 0 Å². The van der Waals surface area contributed by atoms with E-state index in [1.54, 1.807) is 19.2 Å². The van der Waals surface area contributed by atoms with Crippen LogP contribution in [-0.4, -0.2) is 72.8 Å². The van der Waals surface area contributed by atoms with E-state index < -0.39 is 6.04 Å². The molecule has 4 fully saturated rings. The number of halogens is 1. The summed E-state index contributed by atoms with van der Waals surface area (Å²) in [7, 11) is 3.58. The molecule has 2 aliphatic carbocycles. The standard InChI is InChI=1S/C25H43ClN4O3/c1-29-24(31)14-22(30(29)16-17-6-9-21(33-2)10-7-17)25(32)28-23-11-8-19(15-27-23)12-18-4-3-5-20(26)13-18/h17-23,27H,3-16H2,1-2H3,(H,28,32). The Balaban J connectivity index is 1.23. The van der Waals surface area contributed by atoms with Gasteiger partial charge in [0.25, 0.3) is 0 Å². The summed E-state index contributed by atoms with van der Waals surface area (Å²) in [6, 6.07) is -0.398. The largest absolute Gasteiger partial charge is 0.381 e. The molecule has 2 saturated heterocycles. The van der Waals surface area contributed by atoms with Crippen LogP contribution in [0.2, 0.25) is 0 Å². The van der Waals surface area contributed by atoms with Crippen molar-refractivity contribution in [1.82, 2.24) is 20.7 Å². The Kier molecular flexibility index (Phi) is 8.93. The number of hydrogen-bond donors (Lipinski definition) is 2. The Labute approximate surface area is 204 Å². The smallest absolute Gasteiger partial charge is 0.240 e. The number of hydrazine groups is 1. The van der Waals surface area contributed by atoms with E-state index in [1.807, 2.05) is 5.01 Å². The van der Waals surface area contributed by atoms with E-state index in [1.165, 1.54) is 25.7 Å². The third-order valence-electron chi connectivity index (χ3n) is 8.57. The lowest BCUT2D eigenvalue weighted by Gasteiger charge is -2.37. The molecule has 4 rings (SSSR count). The first-order chi connectivity index (χ1) is 15.9. The van der Waals surface area contributed by atoms with Crippen molar-refractivity contribution in [2.45, 2.75) is 101 Å². The molecule has 2 aliphatic heterocycles. The van der Waals surface area contributed by atoms with Crippen molar-refractivity contribution in [2.24, 2.45) is 17.8 Å². The van der Waals surface area contributed by atoms with Gasteiger partial charge in [0.15, 0.2) is 0 Å². The number of hydrogen-bond acceptors (Lipinski definition) is 5. The second-order valence-corrected chi connectivity index (χ2v) is 11.5. The highest BCUT2D eigenvalue weighted by Gasteiger charge is 2.42. The molecule has 0 bridgehead atoms. The van der Waals surface area contributed by atoms with Crippen LogP contribution in [0.5, 0.6) is 0 Å². The molecule has 0 aromatic rings. The zero-order valence-electron chi connectivity index (χ0n) is 20.4. The number of alkyl halides is 1. The summed E-state index contributed by atoms with van der Waals surface area (Å²) in [5.74, 6) is 1.93. The van der Waals surface area contributed by atoms with Gasteiger partial charge in [-0.05, 0) is 82.1 Å². The van der Waals surface area contributed by atoms with Gasteiger partial charge in [-0.3, -0.25) is 19.9 Å². The van der Waals surface area contributed by atoms with Crippen LogP contribution in [0.4, 0.5) is 0 Å². The minimum Gasteiger partial charge on any atom is -0.381 e. The minimum atomic E-state index is -0.398. The second kappa shape index (κ2) is 11.7. The first-order valence-electron chi connectivity index (χ1n) is 13.2. The summed E-state index contributed by atoms with van der Waals surface area (Å²) < 4.78 is 5.49. The topological polar surface area (TPSA) is 73.9 Å². The van der Waals surface area contributed by atoms with Crippen molar-refractivity contribution in [3.63, 3.8) is 0 Å². The summed E-state index contributed by atoms with van der Waals surface area (Å²) in [6.07, 6.45) is 13.1. The Morgan fingerprint density at radius 1 is 1.09 bits per heavy atom. The molecular formula is C25H43ClN4O3. The maximum absolute atomic E-state index is 13.2. The molecule has 0 aromatic carbocycles. The minimum absolute atomic E-state index is 0.000816. The predicted octanol–water partition coefficient (Wildman–Crippen LogP) is 3.27. The summed E-state index contributed by atoms with van der Waals surface area (Å²) in [5, 5.41) is 10.8. The lowest BCUT2D eigenvalue weighted by molar-refractivity contribution is -0.139. The second-order valence-electron chi connectivity index (χ2n) is 10.9. The van der Waals surface area contributed by atoms with Gasteiger partial charge >= 0.3 is 0 Å². The molecule has 8 heteroatoms. The van der Waals surface area contributed by atoms with Crippen molar-refractivity contribution in [2.75, 3.05) is 27.2 Å². The molecule has 188 valence electrons. The van der Waals surface area contributed by atoms with Gasteiger partial charge in [0, 0.05) is 26.1 Å². The van der Waals surface area contributed by atoms with Crippen molar-refractivity contribution < 1.29 is 14.3 Å². The maximum atomic E-state index is 13.2. The lowest BCUT2D eigenvalue weighted by Crippen LogP contribution is -2.56. The summed E-state index contributed by atoms with van der Waals surface area (Å²) in [4.78, 5) is 25.6. The van der Waals surface area contributed by atoms with E-state index in [0.29, 0.717) is 23.3 Å². The molecular weight excluding hydrogens is 440 g/mol. The first kappa shape index (κ1) is 25.2. The normalized spacial score (nSPS) is 38.5. The van der Waals surface area contributed by atoms with Crippen LogP contribution < -0.4 is 10.6 Å². The molecule has 33 heavy (non-hydrogen) atoms. The fourth-order valence-corrected chi connectivity index (χ4v) is 6.87. The number of amides is 2. The Morgan fingerprint density at radius 2 is 1.85 bits per heavy atom. The van der Waals surface area contributed by atoms with Crippen LogP contribution in [0.1, 0.15) is 77.0 Å². The monoisotopic (exact) mass is 482 g/mol. The van der Waals surface area contributed by atoms with E-state index in [-0.39, 0.29) is 24.4 Å². The molecule has 2 amide bonds. The molecule has 7 nitrogen and oxygen atoms in total. The zero-order chi connectivity index (χ0) is 23.4. The molecule has 2 heterocycles. The molecule has 4 aliphatic rings. The van der Waals surface area contributed by atoms with Crippen LogP contribution in [-0.2, 0) is 14.3 Å². The van der Waals surface area contributed by atoms with Crippen molar-refractivity contribution in [1.29, 1.82) is 0 Å². The summed E-state index contributed by atoms with van der Waals surface area (Å²) in [5.41, 5.74) is 0. The SMILES string of the molecule is COC1CCC(CN2C(C(=O)NC3CCC(CC4CCCC(Cl)C4)CN3)CC(=O)N2C)CC1. The molecule has 2 saturated carbocycles. The van der Waals surface area contributed by atoms with Crippen LogP contribution in [0.25, 0.3) is 0 Å². The van der Waals surface area contributed by atoms with Crippen molar-refractivity contribution in [3.8, 4) is 0 Å². The number of nitrogens with one attached hydrogen (secondary N) is 2. The number of nitrogens with zero attached hydrogens (tertiary/aromatic N) is 2. The average molecular weight is 483 g/mol. The van der Waals surface area contributed by atoms with Gasteiger partial charge < -0.3 is 10.1 Å². The van der Waals surface area contributed by atoms with Gasteiger partial charge in [-0.15, -0.1) is 11.6 Å². The van der Waals surface area contributed by atoms with Gasteiger partial charge in [-0.2, -0.15) is 0 Å². The molecule has 2 N–H and O–H groups in total. The van der Waals surface area contributed by atoms with Gasteiger partial charge in [0.05, 0.1) is 18.7 Å². The predicted molar refractivity (Wildman–Crippen MR) is 130 cm³/mol. The van der Waals surface area contributed by atoms with Crippen LogP contribution in [0, 0.1) is 17.8 Å². The first-order valence-corrected chi connectivity index (χ1v) is 13.6. The number of rotatable bonds is 7. The quantitative estimate of drug-likeness (QED) is 0.545. The van der Waals surface area contributed by atoms with E-state index in [4.69, 9.17) is 16.3 Å². The highest BCUT2D eigenvalue weighted by atomic mass is 35.5. The fraction of sp³-hybridized carbons (Fsp3) is 0.920. The number of carbonyl (C=O) groups is 2. The third kappa shape index (κ3) is 6.62. The average Bonchev–Trinajstić information content (AvgIpc) is 3.09. The fourth-order valence-electron chi connectivity index (χ4n) is 6.47. The zero-order valence-corrected chi connectivity index (χ0v) is 21.2. The Morgan fingerprint density at radius 3 is 2.52 bits per heavy atom. The van der Waals surface area contributed by atoms with Crippen LogP contribution >= 0.6 is 11.6 Å². The maximum Gasteiger partial charge on any atom is 0.240 e. The number of piperidine rings is 1. The van der Waals surface area contributed by atoms with Crippen LogP contribution in [0.3, 0.4) is 0 Å². The number of ether oxygens (including phenoxy) is 1. The van der Waals surface area contributed by atoms with E-state index in [2.05, 4.69) is 10.6 Å². The van der Waals surface area contributed by atoms with Crippen molar-refractivity contribution >= 4 is 23.4 Å². The Bertz CT molecular complexity index is 664. The molecule has 0 radical (unpaired) electrons. The Hall–Kier alpha value is -0.890. The molecule has 0 aromatic heterocycles. The van der Waals surface area contributed by atoms with Gasteiger partial charge in [0.1, 0.15) is 6.04 Å². The van der Waals surface area contributed by atoms with Gasteiger partial charge in [-0.1, -0.05) is 12.8 Å². The van der Waals surface area contributed by atoms with Gasteiger partial charge in [0.2, 0.25) is 11.8 Å². The highest BCUT2D eigenvalue weighted by Crippen LogP contribution is 2.34. The van der Waals surface area contributed by atoms with E-state index in [0.717, 1.165) is 64.0 Å². The number of carbonyl (C=O) groups excluding carboxylic acids is 2. The summed E-state index contributed by atoms with van der Waals surface area (Å²) >= 11 is 6.38. The summed E-state index contributed by atoms with van der Waals surface area (Å²) in [6.45, 7) is 1.71. The van der Waals surface area contributed by atoms with Crippen molar-refractivity contribution in [3.05, 3.63) is 0 Å². The van der Waals surface area contributed by atoms with E-state index >= 15 is 0 Å². The van der Waals surface area contributed by atoms with Gasteiger partial charge in [-0.25, -0.2) is 5.01 Å². The number of methoxy groups -OCH3 is 1. The third-order valence-corrected chi connectivity index (χ3v) is 8.96.